The van der Waals surface area contributed by atoms with Crippen molar-refractivity contribution in [2.75, 3.05) is 5.32 Å². The lowest BCUT2D eigenvalue weighted by atomic mass is 9.97. The minimum atomic E-state index is -0.528. The van der Waals surface area contributed by atoms with Crippen LogP contribution >= 0.6 is 0 Å². The molecule has 6 heteroatoms. The van der Waals surface area contributed by atoms with Crippen LogP contribution in [0.25, 0.3) is 0 Å². The van der Waals surface area contributed by atoms with Gasteiger partial charge in [0.1, 0.15) is 6.10 Å². The van der Waals surface area contributed by atoms with Crippen molar-refractivity contribution in [3.63, 3.8) is 0 Å². The van der Waals surface area contributed by atoms with Crippen molar-refractivity contribution in [2.24, 2.45) is 7.05 Å². The first kappa shape index (κ1) is 15.7. The van der Waals surface area contributed by atoms with Gasteiger partial charge in [0.15, 0.2) is 5.82 Å². The molecule has 1 aromatic heterocycles. The van der Waals surface area contributed by atoms with Crippen LogP contribution < -0.4 is 10.9 Å². The second-order valence-corrected chi connectivity index (χ2v) is 5.47. The zero-order valence-electron chi connectivity index (χ0n) is 12.7. The first-order valence-electron chi connectivity index (χ1n) is 7.59. The third-order valence-corrected chi connectivity index (χ3v) is 3.83. The highest BCUT2D eigenvalue weighted by molar-refractivity contribution is 5.93. The van der Waals surface area contributed by atoms with Gasteiger partial charge >= 0.3 is 0 Å². The third-order valence-electron chi connectivity index (χ3n) is 3.83. The summed E-state index contributed by atoms with van der Waals surface area (Å²) in [6.07, 6.45) is 8.81. The number of aryl methyl sites for hydroxylation is 1. The van der Waals surface area contributed by atoms with Gasteiger partial charge in [-0.25, -0.2) is 4.98 Å². The van der Waals surface area contributed by atoms with E-state index in [9.17, 15) is 9.59 Å². The smallest absolute Gasteiger partial charge is 0.293 e. The molecule has 1 saturated carbocycles. The number of ether oxygens (including phenoxy) is 1. The third kappa shape index (κ3) is 4.14. The summed E-state index contributed by atoms with van der Waals surface area (Å²) in [6, 6.07) is 0. The van der Waals surface area contributed by atoms with Crippen LogP contribution in [0.1, 0.15) is 45.4 Å². The van der Waals surface area contributed by atoms with Gasteiger partial charge < -0.3 is 14.6 Å². The lowest BCUT2D eigenvalue weighted by Gasteiger charge is -2.26. The standard InChI is InChI=1S/C15H23N3O3/c1-3-12(21-11-7-5-4-6-8-11)14(19)17-13-15(20)18(2)10-9-16-13/h9-12H,3-8H2,1-2H3,(H,16,17,19)/t12-/m1/s1. The average Bonchev–Trinajstić information content (AvgIpc) is 2.50. The quantitative estimate of drug-likeness (QED) is 0.899. The molecule has 1 amide bonds. The van der Waals surface area contributed by atoms with E-state index in [1.165, 1.54) is 17.2 Å². The molecule has 6 nitrogen and oxygen atoms in total. The Bertz CT molecular complexity index is 535. The number of anilines is 1. The Morgan fingerprint density at radius 3 is 2.86 bits per heavy atom. The molecule has 1 fully saturated rings. The molecule has 0 unspecified atom stereocenters. The van der Waals surface area contributed by atoms with Crippen LogP contribution in [0.4, 0.5) is 5.82 Å². The number of amides is 1. The molecule has 1 aliphatic rings. The maximum absolute atomic E-state index is 12.3. The monoisotopic (exact) mass is 293 g/mol. The molecule has 0 aliphatic heterocycles. The molecule has 1 N–H and O–H groups in total. The molecule has 0 radical (unpaired) electrons. The number of nitrogens with zero attached hydrogens (tertiary/aromatic N) is 2. The average molecular weight is 293 g/mol. The Labute approximate surface area is 124 Å². The van der Waals surface area contributed by atoms with Gasteiger partial charge in [-0.1, -0.05) is 26.2 Å². The maximum atomic E-state index is 12.3. The lowest BCUT2D eigenvalue weighted by molar-refractivity contribution is -0.132. The highest BCUT2D eigenvalue weighted by Crippen LogP contribution is 2.22. The molecule has 0 aromatic carbocycles. The van der Waals surface area contributed by atoms with Gasteiger partial charge in [0, 0.05) is 19.4 Å². The number of hydrogen-bond acceptors (Lipinski definition) is 4. The summed E-state index contributed by atoms with van der Waals surface area (Å²) < 4.78 is 7.28. The van der Waals surface area contributed by atoms with Crippen LogP contribution in [0.15, 0.2) is 17.2 Å². The summed E-state index contributed by atoms with van der Waals surface area (Å²) >= 11 is 0. The van der Waals surface area contributed by atoms with Crippen LogP contribution in [0, 0.1) is 0 Å². The molecular weight excluding hydrogens is 270 g/mol. The van der Waals surface area contributed by atoms with Crippen molar-refractivity contribution in [1.29, 1.82) is 0 Å². The summed E-state index contributed by atoms with van der Waals surface area (Å²) in [5, 5.41) is 2.58. The maximum Gasteiger partial charge on any atom is 0.293 e. The van der Waals surface area contributed by atoms with Crippen molar-refractivity contribution in [1.82, 2.24) is 9.55 Å². The van der Waals surface area contributed by atoms with Crippen LogP contribution in [0.5, 0.6) is 0 Å². The van der Waals surface area contributed by atoms with E-state index >= 15 is 0 Å². The molecule has 0 spiro atoms. The van der Waals surface area contributed by atoms with Crippen LogP contribution in [0.2, 0.25) is 0 Å². The number of hydrogen-bond donors (Lipinski definition) is 1. The molecule has 21 heavy (non-hydrogen) atoms. The molecule has 1 heterocycles. The van der Waals surface area contributed by atoms with E-state index in [1.54, 1.807) is 13.2 Å². The summed E-state index contributed by atoms with van der Waals surface area (Å²) in [7, 11) is 1.62. The number of nitrogens with one attached hydrogen (secondary N) is 1. The fourth-order valence-electron chi connectivity index (χ4n) is 2.56. The van der Waals surface area contributed by atoms with Gasteiger partial charge in [-0.2, -0.15) is 0 Å². The van der Waals surface area contributed by atoms with Crippen LogP contribution in [0.3, 0.4) is 0 Å². The summed E-state index contributed by atoms with van der Waals surface area (Å²) in [6.45, 7) is 1.91. The number of aromatic nitrogens is 2. The first-order chi connectivity index (χ1) is 10.1. The Balaban J connectivity index is 1.99. The SMILES string of the molecule is CC[C@@H](OC1CCCCC1)C(=O)Nc1nccn(C)c1=O. The Morgan fingerprint density at radius 2 is 2.19 bits per heavy atom. The highest BCUT2D eigenvalue weighted by Gasteiger charge is 2.24. The van der Waals surface area contributed by atoms with Gasteiger partial charge in [0.2, 0.25) is 0 Å². The number of carbonyl (C=O) groups is 1. The van der Waals surface area contributed by atoms with E-state index in [1.807, 2.05) is 6.92 Å². The fourth-order valence-corrected chi connectivity index (χ4v) is 2.56. The van der Waals surface area contributed by atoms with E-state index in [-0.39, 0.29) is 23.4 Å². The Hall–Kier alpha value is -1.69. The van der Waals surface area contributed by atoms with E-state index in [0.717, 1.165) is 25.7 Å². The van der Waals surface area contributed by atoms with Crippen molar-refractivity contribution in [2.45, 2.75) is 57.7 Å². The normalized spacial score (nSPS) is 17.4. The minimum Gasteiger partial charge on any atom is -0.365 e. The zero-order valence-corrected chi connectivity index (χ0v) is 12.7. The topological polar surface area (TPSA) is 73.2 Å². The van der Waals surface area contributed by atoms with E-state index in [2.05, 4.69) is 10.3 Å². The summed E-state index contributed by atoms with van der Waals surface area (Å²) in [5.41, 5.74) is -0.321. The molecule has 0 saturated heterocycles. The lowest BCUT2D eigenvalue weighted by Crippen LogP contribution is -2.36. The number of rotatable bonds is 5. The molecule has 1 aromatic rings. The fraction of sp³-hybridized carbons (Fsp3) is 0.667. The predicted molar refractivity (Wildman–Crippen MR) is 80.1 cm³/mol. The highest BCUT2D eigenvalue weighted by atomic mass is 16.5. The second-order valence-electron chi connectivity index (χ2n) is 5.47. The van der Waals surface area contributed by atoms with Crippen molar-refractivity contribution < 1.29 is 9.53 Å². The molecular formula is C15H23N3O3. The van der Waals surface area contributed by atoms with Gasteiger partial charge in [-0.3, -0.25) is 9.59 Å². The van der Waals surface area contributed by atoms with Gasteiger partial charge in [0.25, 0.3) is 11.5 Å². The van der Waals surface area contributed by atoms with Crippen molar-refractivity contribution in [3.8, 4) is 0 Å². The Kier molecular flexibility index (Phi) is 5.50. The van der Waals surface area contributed by atoms with Crippen molar-refractivity contribution in [3.05, 3.63) is 22.7 Å². The van der Waals surface area contributed by atoms with Gasteiger partial charge in [-0.15, -0.1) is 0 Å². The molecule has 0 bridgehead atoms. The van der Waals surface area contributed by atoms with E-state index in [4.69, 9.17) is 4.74 Å². The Morgan fingerprint density at radius 1 is 1.48 bits per heavy atom. The predicted octanol–water partition coefficient (Wildman–Crippen LogP) is 1.85. The summed E-state index contributed by atoms with van der Waals surface area (Å²) in [5.74, 6) is -0.241. The van der Waals surface area contributed by atoms with Gasteiger partial charge in [0.05, 0.1) is 6.10 Å². The second kappa shape index (κ2) is 7.36. The van der Waals surface area contributed by atoms with Crippen molar-refractivity contribution >= 4 is 11.7 Å². The van der Waals surface area contributed by atoms with E-state index < -0.39 is 6.10 Å². The molecule has 2 rings (SSSR count). The van der Waals surface area contributed by atoms with Crippen LogP contribution in [-0.2, 0) is 16.6 Å². The number of carbonyl (C=O) groups excluding carboxylic acids is 1. The largest absolute Gasteiger partial charge is 0.365 e. The van der Waals surface area contributed by atoms with Crippen LogP contribution in [-0.4, -0.2) is 27.7 Å². The molecule has 116 valence electrons. The summed E-state index contributed by atoms with van der Waals surface area (Å²) in [4.78, 5) is 28.0. The zero-order chi connectivity index (χ0) is 15.2. The van der Waals surface area contributed by atoms with E-state index in [0.29, 0.717) is 6.42 Å². The first-order valence-corrected chi connectivity index (χ1v) is 7.59. The minimum absolute atomic E-state index is 0.0516. The molecule has 1 atom stereocenters. The van der Waals surface area contributed by atoms with Gasteiger partial charge in [-0.05, 0) is 19.3 Å². The molecule has 1 aliphatic carbocycles.